The van der Waals surface area contributed by atoms with Crippen molar-refractivity contribution in [1.29, 1.82) is 0 Å². The van der Waals surface area contributed by atoms with Gasteiger partial charge in [-0.15, -0.1) is 0 Å². The molecule has 11 heteroatoms. The van der Waals surface area contributed by atoms with E-state index in [0.717, 1.165) is 0 Å². The zero-order valence-electron chi connectivity index (χ0n) is 11.3. The lowest BCUT2D eigenvalue weighted by Gasteiger charge is -2.24. The summed E-state index contributed by atoms with van der Waals surface area (Å²) in [7, 11) is 11.1. The molecule has 0 aliphatic carbocycles. The van der Waals surface area contributed by atoms with Crippen LogP contribution in [0.4, 0.5) is 0 Å². The maximum atomic E-state index is 10.0. The Morgan fingerprint density at radius 2 is 1.81 bits per heavy atom. The summed E-state index contributed by atoms with van der Waals surface area (Å²) < 4.78 is 20.9. The average molecular weight is 334 g/mol. The lowest BCUT2D eigenvalue weighted by atomic mass is 9.96. The van der Waals surface area contributed by atoms with E-state index in [-0.39, 0.29) is 13.2 Å². The van der Waals surface area contributed by atoms with Crippen molar-refractivity contribution in [2.45, 2.75) is 49.3 Å². The Kier molecular flexibility index (Phi) is 6.27. The van der Waals surface area contributed by atoms with Gasteiger partial charge in [0, 0.05) is 12.0 Å². The highest BCUT2D eigenvalue weighted by atomic mass is 32.5. The molecule has 2 saturated heterocycles. The number of hydrogen-bond donors (Lipinski definition) is 3. The van der Waals surface area contributed by atoms with Crippen LogP contribution in [0.15, 0.2) is 0 Å². The van der Waals surface area contributed by atoms with Crippen LogP contribution in [0, 0.1) is 0 Å². The topological polar surface area (TPSA) is 97.6 Å². The molecule has 2 aliphatic rings. The smallest absolute Gasteiger partial charge is 0.324 e. The molecule has 0 amide bonds. The maximum absolute atomic E-state index is 10.0. The molecule has 0 spiro atoms. The van der Waals surface area contributed by atoms with E-state index in [9.17, 15) is 10.00 Å². The first-order valence-corrected chi connectivity index (χ1v) is 9.16. The minimum absolute atomic E-state index is 0.133. The Morgan fingerprint density at radius 1 is 1.19 bits per heavy atom. The van der Waals surface area contributed by atoms with Gasteiger partial charge in [0.25, 0.3) is 0 Å². The second-order valence-corrected chi connectivity index (χ2v) is 7.85. The Labute approximate surface area is 131 Å². The second kappa shape index (κ2) is 7.38. The van der Waals surface area contributed by atoms with Gasteiger partial charge in [-0.25, -0.2) is 0 Å². The Balaban J connectivity index is 1.83. The van der Waals surface area contributed by atoms with Crippen molar-refractivity contribution in [1.82, 2.24) is 0 Å². The second-order valence-electron chi connectivity index (χ2n) is 5.06. The van der Waals surface area contributed by atoms with Crippen LogP contribution in [0.2, 0.25) is 0 Å². The molecule has 21 heavy (non-hydrogen) atoms. The molecule has 1 unspecified atom stereocenters. The quantitative estimate of drug-likeness (QED) is 0.400. The number of hydrogen-bond acceptors (Lipinski definition) is 7. The fourth-order valence-corrected chi connectivity index (χ4v) is 3.77. The fourth-order valence-electron chi connectivity index (χ4n) is 2.30. The fraction of sp³-hybridized carbons (Fsp3) is 1.00. The number of aliphatic hydroxyl groups excluding tert-OH is 2. The van der Waals surface area contributed by atoms with Crippen LogP contribution in [0.25, 0.3) is 0 Å². The van der Waals surface area contributed by atoms with Gasteiger partial charge in [0.05, 0.1) is 25.4 Å². The van der Waals surface area contributed by atoms with E-state index in [0.29, 0.717) is 12.8 Å². The summed E-state index contributed by atoms with van der Waals surface area (Å²) in [5.41, 5.74) is 0. The SMILES string of the molecule is [B][C@H]1C[C@@H](O)[C@@H](COP(O)(=S)O[C@@H]2C[C@H]([B])O[C@@H]2CO)O1. The van der Waals surface area contributed by atoms with Gasteiger partial charge in [-0.2, -0.15) is 0 Å². The van der Waals surface area contributed by atoms with Crippen LogP contribution in [0.3, 0.4) is 0 Å². The molecule has 0 aromatic rings. The van der Waals surface area contributed by atoms with Crippen LogP contribution in [-0.4, -0.2) is 80.4 Å². The molecule has 4 radical (unpaired) electrons. The summed E-state index contributed by atoms with van der Waals surface area (Å²) in [5.74, 6) is 0. The van der Waals surface area contributed by atoms with Gasteiger partial charge in [-0.05, 0) is 24.6 Å². The molecular weight excluding hydrogens is 317 g/mol. The van der Waals surface area contributed by atoms with Crippen LogP contribution in [-0.2, 0) is 30.3 Å². The summed E-state index contributed by atoms with van der Waals surface area (Å²) in [5, 5.41) is 18.8. The van der Waals surface area contributed by atoms with Crippen molar-refractivity contribution < 1.29 is 33.6 Å². The highest BCUT2D eigenvalue weighted by Crippen LogP contribution is 2.47. The van der Waals surface area contributed by atoms with Crippen molar-refractivity contribution >= 4 is 34.2 Å². The number of rotatable bonds is 6. The highest BCUT2D eigenvalue weighted by molar-refractivity contribution is 8.07. The van der Waals surface area contributed by atoms with Gasteiger partial charge in [-0.3, -0.25) is 0 Å². The van der Waals surface area contributed by atoms with Crippen LogP contribution < -0.4 is 0 Å². The van der Waals surface area contributed by atoms with Gasteiger partial charge in [0.15, 0.2) is 0 Å². The normalized spacial score (nSPS) is 43.0. The zero-order valence-corrected chi connectivity index (χ0v) is 13.0. The Bertz CT molecular complexity index is 404. The van der Waals surface area contributed by atoms with Crippen molar-refractivity contribution in [3.05, 3.63) is 0 Å². The molecule has 2 fully saturated rings. The molecule has 0 aromatic carbocycles. The molecule has 0 aromatic heterocycles. The predicted molar refractivity (Wildman–Crippen MR) is 78.5 cm³/mol. The molecule has 2 heterocycles. The van der Waals surface area contributed by atoms with Gasteiger partial charge < -0.3 is 33.6 Å². The van der Waals surface area contributed by atoms with E-state index in [1.54, 1.807) is 0 Å². The Morgan fingerprint density at radius 3 is 2.38 bits per heavy atom. The van der Waals surface area contributed by atoms with Crippen LogP contribution >= 0.6 is 6.72 Å². The van der Waals surface area contributed by atoms with Gasteiger partial charge in [0.2, 0.25) is 0 Å². The summed E-state index contributed by atoms with van der Waals surface area (Å²) in [6.07, 6.45) is -2.14. The summed E-state index contributed by atoms with van der Waals surface area (Å²) in [6, 6.07) is -1.15. The molecule has 2 aliphatic heterocycles. The van der Waals surface area contributed by atoms with Gasteiger partial charge in [-0.1, -0.05) is 0 Å². The molecular formula is C10H17B2O7PS. The lowest BCUT2D eigenvalue weighted by Crippen LogP contribution is -2.29. The first-order chi connectivity index (χ1) is 9.80. The van der Waals surface area contributed by atoms with Crippen molar-refractivity contribution in [2.75, 3.05) is 13.2 Å². The first-order valence-electron chi connectivity index (χ1n) is 6.57. The number of ether oxygens (including phenoxy) is 2. The molecule has 2 rings (SSSR count). The highest BCUT2D eigenvalue weighted by Gasteiger charge is 2.38. The van der Waals surface area contributed by atoms with E-state index in [2.05, 4.69) is 0 Å². The largest absolute Gasteiger partial charge is 0.394 e. The van der Waals surface area contributed by atoms with Gasteiger partial charge in [0.1, 0.15) is 27.9 Å². The Hall–Kier alpha value is 0.500. The standard InChI is InChI=1S/C10H17B2O7PS/c11-9-1-5(14)8(18-9)4-16-20(15,21)19-6-2-10(12)17-7(6)3-13/h5-10,13-14H,1-4H2,(H,15,21)/t5-,6-,7-,8-,9-,10-,20?/m1/s1. The molecule has 7 atom stereocenters. The third kappa shape index (κ3) is 4.99. The average Bonchev–Trinajstić information content (AvgIpc) is 2.88. The molecule has 0 bridgehead atoms. The molecule has 7 nitrogen and oxygen atoms in total. The first kappa shape index (κ1) is 17.8. The van der Waals surface area contributed by atoms with Crippen LogP contribution in [0.1, 0.15) is 12.8 Å². The third-order valence-electron chi connectivity index (χ3n) is 3.33. The summed E-state index contributed by atoms with van der Waals surface area (Å²) in [6.45, 7) is -3.99. The third-order valence-corrected chi connectivity index (χ3v) is 4.92. The van der Waals surface area contributed by atoms with Crippen LogP contribution in [0.5, 0.6) is 0 Å². The van der Waals surface area contributed by atoms with Crippen molar-refractivity contribution in [3.63, 3.8) is 0 Å². The minimum atomic E-state index is -3.56. The minimum Gasteiger partial charge on any atom is -0.394 e. The molecule has 0 saturated carbocycles. The predicted octanol–water partition coefficient (Wildman–Crippen LogP) is -1.47. The van der Waals surface area contributed by atoms with Crippen molar-refractivity contribution in [3.8, 4) is 0 Å². The lowest BCUT2D eigenvalue weighted by molar-refractivity contribution is -0.0171. The van der Waals surface area contributed by atoms with E-state index in [4.69, 9.17) is 51.1 Å². The molecule has 3 N–H and O–H groups in total. The zero-order chi connectivity index (χ0) is 15.6. The van der Waals surface area contributed by atoms with E-state index in [1.165, 1.54) is 0 Å². The summed E-state index contributed by atoms with van der Waals surface area (Å²) >= 11 is 4.90. The maximum Gasteiger partial charge on any atom is 0.324 e. The molecule has 116 valence electrons. The monoisotopic (exact) mass is 334 g/mol. The number of aliphatic hydroxyl groups is 2. The van der Waals surface area contributed by atoms with Gasteiger partial charge >= 0.3 is 6.72 Å². The van der Waals surface area contributed by atoms with E-state index < -0.39 is 43.1 Å². The van der Waals surface area contributed by atoms with E-state index >= 15 is 0 Å². The van der Waals surface area contributed by atoms with Crippen molar-refractivity contribution in [2.24, 2.45) is 0 Å². The summed E-state index contributed by atoms with van der Waals surface area (Å²) in [4.78, 5) is 10.0. The van der Waals surface area contributed by atoms with E-state index in [1.807, 2.05) is 0 Å².